The molecule has 0 aliphatic rings. The molecule has 0 saturated heterocycles. The Balaban J connectivity index is 4.38. The minimum absolute atomic E-state index is 0.0439. The van der Waals surface area contributed by atoms with Crippen LogP contribution in [0.1, 0.15) is 239 Å². The summed E-state index contributed by atoms with van der Waals surface area (Å²) >= 11 is 0. The Morgan fingerprint density at radius 1 is 0.359 bits per heavy atom. The highest BCUT2D eigenvalue weighted by Crippen LogP contribution is 2.15. The SMILES string of the molecule is CC/C=C\C/C=C\C/C=C\C/C=C\C/C=C\CCCC(=O)OCC(COCCCCCC/C=C\C/C=C\C/C=C\CC)OC(=O)CCCCCCCCCCCCCCCCCCC. The van der Waals surface area contributed by atoms with Crippen molar-refractivity contribution in [3.63, 3.8) is 0 Å². The lowest BCUT2D eigenvalue weighted by atomic mass is 10.0. The molecule has 0 rings (SSSR count). The second-order valence-electron chi connectivity index (χ2n) is 17.4. The summed E-state index contributed by atoms with van der Waals surface area (Å²) in [4.78, 5) is 25.4. The van der Waals surface area contributed by atoms with E-state index in [1.165, 1.54) is 109 Å². The number of rotatable bonds is 48. The Hall–Kier alpha value is -3.18. The normalized spacial score (nSPS) is 13.0. The highest BCUT2D eigenvalue weighted by Gasteiger charge is 2.17. The molecule has 0 N–H and O–H groups in total. The summed E-state index contributed by atoms with van der Waals surface area (Å²) in [6, 6.07) is 0. The molecule has 0 aromatic carbocycles. The van der Waals surface area contributed by atoms with Crippen LogP contribution in [0.5, 0.6) is 0 Å². The molecule has 0 fully saturated rings. The van der Waals surface area contributed by atoms with E-state index in [2.05, 4.69) is 118 Å². The van der Waals surface area contributed by atoms with Crippen LogP contribution in [0.15, 0.2) is 97.2 Å². The molecule has 366 valence electrons. The van der Waals surface area contributed by atoms with Gasteiger partial charge in [0.15, 0.2) is 6.10 Å². The van der Waals surface area contributed by atoms with Crippen molar-refractivity contribution in [3.05, 3.63) is 97.2 Å². The van der Waals surface area contributed by atoms with Crippen molar-refractivity contribution >= 4 is 11.9 Å². The molecular weight excluding hydrogens is 789 g/mol. The van der Waals surface area contributed by atoms with E-state index in [0.29, 0.717) is 19.4 Å². The Morgan fingerprint density at radius 3 is 1.17 bits per heavy atom. The smallest absolute Gasteiger partial charge is 0.306 e. The second kappa shape index (κ2) is 54.2. The van der Waals surface area contributed by atoms with Gasteiger partial charge in [-0.1, -0.05) is 234 Å². The minimum Gasteiger partial charge on any atom is -0.462 e. The molecule has 0 aliphatic carbocycles. The first-order valence-electron chi connectivity index (χ1n) is 26.8. The lowest BCUT2D eigenvalue weighted by Crippen LogP contribution is -2.30. The molecule has 5 heteroatoms. The van der Waals surface area contributed by atoms with Gasteiger partial charge in [0.1, 0.15) is 6.61 Å². The highest BCUT2D eigenvalue weighted by atomic mass is 16.6. The minimum atomic E-state index is -0.574. The number of allylic oxidation sites excluding steroid dienone is 16. The van der Waals surface area contributed by atoms with Crippen LogP contribution in [0, 0.1) is 0 Å². The van der Waals surface area contributed by atoms with Gasteiger partial charge >= 0.3 is 11.9 Å². The fraction of sp³-hybridized carbons (Fsp3) is 0.695. The Bertz CT molecular complexity index is 1230. The molecule has 1 unspecified atom stereocenters. The molecule has 0 aromatic rings. The van der Waals surface area contributed by atoms with Crippen molar-refractivity contribution in [2.45, 2.75) is 245 Å². The quantitative estimate of drug-likeness (QED) is 0.0346. The van der Waals surface area contributed by atoms with Gasteiger partial charge in [-0.2, -0.15) is 0 Å². The molecule has 5 nitrogen and oxygen atoms in total. The molecule has 0 spiro atoms. The summed E-state index contributed by atoms with van der Waals surface area (Å²) in [5.74, 6) is -0.475. The number of carbonyl (C=O) groups excluding carboxylic acids is 2. The van der Waals surface area contributed by atoms with E-state index in [1.807, 2.05) is 0 Å². The molecular formula is C59H100O5. The number of hydrogen-bond acceptors (Lipinski definition) is 5. The van der Waals surface area contributed by atoms with E-state index >= 15 is 0 Å². The van der Waals surface area contributed by atoms with E-state index in [4.69, 9.17) is 14.2 Å². The molecule has 64 heavy (non-hydrogen) atoms. The molecule has 0 aromatic heterocycles. The summed E-state index contributed by atoms with van der Waals surface area (Å²) in [6.07, 6.45) is 72.9. The molecule has 0 saturated carbocycles. The van der Waals surface area contributed by atoms with Gasteiger partial charge in [-0.15, -0.1) is 0 Å². The average molecular weight is 889 g/mol. The summed E-state index contributed by atoms with van der Waals surface area (Å²) in [7, 11) is 0. The van der Waals surface area contributed by atoms with Crippen LogP contribution < -0.4 is 0 Å². The van der Waals surface area contributed by atoms with Crippen LogP contribution in [0.4, 0.5) is 0 Å². The maximum Gasteiger partial charge on any atom is 0.306 e. The van der Waals surface area contributed by atoms with Crippen LogP contribution in [0.25, 0.3) is 0 Å². The molecule has 1 atom stereocenters. The number of hydrogen-bond donors (Lipinski definition) is 0. The third-order valence-corrected chi connectivity index (χ3v) is 11.1. The van der Waals surface area contributed by atoms with Crippen molar-refractivity contribution in [1.82, 2.24) is 0 Å². The van der Waals surface area contributed by atoms with E-state index in [9.17, 15) is 9.59 Å². The number of ether oxygens (including phenoxy) is 3. The first kappa shape index (κ1) is 60.8. The summed E-state index contributed by atoms with van der Waals surface area (Å²) in [5.41, 5.74) is 0. The Labute approximate surface area is 396 Å². The third kappa shape index (κ3) is 51.5. The molecule has 0 radical (unpaired) electrons. The van der Waals surface area contributed by atoms with Crippen LogP contribution in [-0.4, -0.2) is 37.9 Å². The lowest BCUT2D eigenvalue weighted by Gasteiger charge is -2.18. The van der Waals surface area contributed by atoms with E-state index in [-0.39, 0.29) is 25.2 Å². The summed E-state index contributed by atoms with van der Waals surface area (Å²) < 4.78 is 17.4. The molecule has 0 bridgehead atoms. The van der Waals surface area contributed by atoms with Gasteiger partial charge in [0, 0.05) is 19.4 Å². The first-order chi connectivity index (χ1) is 31.6. The predicted octanol–water partition coefficient (Wildman–Crippen LogP) is 18.2. The van der Waals surface area contributed by atoms with E-state index in [0.717, 1.165) is 96.3 Å². The second-order valence-corrected chi connectivity index (χ2v) is 17.4. The zero-order chi connectivity index (χ0) is 46.3. The van der Waals surface area contributed by atoms with Crippen molar-refractivity contribution in [1.29, 1.82) is 0 Å². The zero-order valence-corrected chi connectivity index (χ0v) is 42.0. The summed E-state index contributed by atoms with van der Waals surface area (Å²) in [6.45, 7) is 7.51. The number of esters is 2. The van der Waals surface area contributed by atoms with Crippen molar-refractivity contribution in [2.24, 2.45) is 0 Å². The van der Waals surface area contributed by atoms with Gasteiger partial charge < -0.3 is 14.2 Å². The number of carbonyl (C=O) groups is 2. The zero-order valence-electron chi connectivity index (χ0n) is 42.0. The van der Waals surface area contributed by atoms with Crippen molar-refractivity contribution in [2.75, 3.05) is 19.8 Å². The van der Waals surface area contributed by atoms with Gasteiger partial charge in [0.25, 0.3) is 0 Å². The maximum atomic E-state index is 12.8. The van der Waals surface area contributed by atoms with Crippen molar-refractivity contribution < 1.29 is 23.8 Å². The van der Waals surface area contributed by atoms with Crippen LogP contribution in [0.2, 0.25) is 0 Å². The number of unbranched alkanes of at least 4 members (excludes halogenated alkanes) is 21. The molecule has 0 aliphatic heterocycles. The van der Waals surface area contributed by atoms with Gasteiger partial charge in [0.2, 0.25) is 0 Å². The third-order valence-electron chi connectivity index (χ3n) is 11.1. The van der Waals surface area contributed by atoms with Gasteiger partial charge in [-0.05, 0) is 89.9 Å². The van der Waals surface area contributed by atoms with Gasteiger partial charge in [0.05, 0.1) is 6.61 Å². The Kier molecular flexibility index (Phi) is 51.5. The predicted molar refractivity (Wildman–Crippen MR) is 279 cm³/mol. The van der Waals surface area contributed by atoms with Crippen LogP contribution in [-0.2, 0) is 23.8 Å². The largest absolute Gasteiger partial charge is 0.462 e. The van der Waals surface area contributed by atoms with Gasteiger partial charge in [-0.25, -0.2) is 0 Å². The van der Waals surface area contributed by atoms with Gasteiger partial charge in [-0.3, -0.25) is 9.59 Å². The molecule has 0 amide bonds. The summed E-state index contributed by atoms with van der Waals surface area (Å²) in [5, 5.41) is 0. The van der Waals surface area contributed by atoms with E-state index in [1.54, 1.807) is 0 Å². The molecule has 0 heterocycles. The fourth-order valence-electron chi connectivity index (χ4n) is 7.21. The maximum absolute atomic E-state index is 12.8. The first-order valence-corrected chi connectivity index (χ1v) is 26.8. The topological polar surface area (TPSA) is 61.8 Å². The van der Waals surface area contributed by atoms with Crippen molar-refractivity contribution in [3.8, 4) is 0 Å². The average Bonchev–Trinajstić information content (AvgIpc) is 3.30. The fourth-order valence-corrected chi connectivity index (χ4v) is 7.21. The highest BCUT2D eigenvalue weighted by molar-refractivity contribution is 5.70. The van der Waals surface area contributed by atoms with E-state index < -0.39 is 6.10 Å². The monoisotopic (exact) mass is 889 g/mol. The van der Waals surface area contributed by atoms with Crippen LogP contribution >= 0.6 is 0 Å². The standard InChI is InChI=1S/C59H100O5/c1-4-7-10-13-16-19-22-25-28-30-32-34-37-40-43-46-49-52-58(60)63-56-57(55-62-54-51-48-45-42-39-36-27-24-21-18-15-12-9-6-3)64-59(61)53-50-47-44-41-38-35-33-31-29-26-23-20-17-14-11-8-5-2/h7,9-10,12,16,18-19,21,25,27-28,32,34,36,40,43,57H,4-6,8,11,13-15,17,20,22-24,26,29-31,33,35,37-39,41-42,44-56H2,1-3H3/b10-7-,12-9-,19-16-,21-18-,28-25-,34-32-,36-27-,43-40-. The lowest BCUT2D eigenvalue weighted by molar-refractivity contribution is -0.163. The Morgan fingerprint density at radius 2 is 0.719 bits per heavy atom. The van der Waals surface area contributed by atoms with Crippen LogP contribution in [0.3, 0.4) is 0 Å².